The molecule has 7 heteroatoms. The highest BCUT2D eigenvalue weighted by Crippen LogP contribution is 2.25. The van der Waals surface area contributed by atoms with Crippen LogP contribution in [0.1, 0.15) is 31.7 Å². The minimum Gasteiger partial charge on any atom is -0.479 e. The summed E-state index contributed by atoms with van der Waals surface area (Å²) in [6.45, 7) is 2.32. The highest BCUT2D eigenvalue weighted by molar-refractivity contribution is 6.00. The van der Waals surface area contributed by atoms with Crippen LogP contribution in [0.3, 0.4) is 0 Å². The third-order valence-electron chi connectivity index (χ3n) is 4.58. The molecule has 1 aliphatic heterocycles. The number of carbonyl (C=O) groups is 3. The molecule has 0 radical (unpaired) electrons. The fourth-order valence-electron chi connectivity index (χ4n) is 2.97. The summed E-state index contributed by atoms with van der Waals surface area (Å²) in [5.74, 6) is -2.06. The first-order valence-corrected chi connectivity index (χ1v) is 8.88. The van der Waals surface area contributed by atoms with E-state index in [0.29, 0.717) is 6.54 Å². The SMILES string of the molecule is CCCCc1ccc(N2CC(C(=O)NCC(OC)C(=O)O)CC2=O)cc1. The Morgan fingerprint density at radius 1 is 1.35 bits per heavy atom. The van der Waals surface area contributed by atoms with Crippen LogP contribution < -0.4 is 10.2 Å². The molecule has 1 saturated heterocycles. The van der Waals surface area contributed by atoms with E-state index in [-0.39, 0.29) is 24.8 Å². The molecule has 0 aromatic heterocycles. The van der Waals surface area contributed by atoms with Gasteiger partial charge in [0.1, 0.15) is 0 Å². The third-order valence-corrected chi connectivity index (χ3v) is 4.58. The molecule has 1 aromatic rings. The summed E-state index contributed by atoms with van der Waals surface area (Å²) in [5, 5.41) is 11.5. The molecule has 1 aliphatic rings. The van der Waals surface area contributed by atoms with E-state index < -0.39 is 18.0 Å². The lowest BCUT2D eigenvalue weighted by atomic mass is 10.1. The Morgan fingerprint density at radius 3 is 2.62 bits per heavy atom. The number of benzene rings is 1. The number of carboxylic acids is 1. The fourth-order valence-corrected chi connectivity index (χ4v) is 2.97. The summed E-state index contributed by atoms with van der Waals surface area (Å²) in [7, 11) is 1.27. The number of carboxylic acid groups (broad SMARTS) is 1. The number of hydrogen-bond donors (Lipinski definition) is 2. The normalized spacial score (nSPS) is 18.0. The largest absolute Gasteiger partial charge is 0.479 e. The Kier molecular flexibility index (Phi) is 7.15. The van der Waals surface area contributed by atoms with Crippen molar-refractivity contribution in [2.45, 2.75) is 38.7 Å². The van der Waals surface area contributed by atoms with Gasteiger partial charge in [0.05, 0.1) is 12.5 Å². The van der Waals surface area contributed by atoms with Crippen LogP contribution in [0.5, 0.6) is 0 Å². The number of aryl methyl sites for hydroxylation is 1. The first-order valence-electron chi connectivity index (χ1n) is 8.88. The van der Waals surface area contributed by atoms with Gasteiger partial charge in [-0.1, -0.05) is 25.5 Å². The third kappa shape index (κ3) is 5.05. The molecule has 1 fully saturated rings. The second-order valence-corrected chi connectivity index (χ2v) is 6.48. The maximum Gasteiger partial charge on any atom is 0.334 e. The Labute approximate surface area is 153 Å². The zero-order valence-corrected chi connectivity index (χ0v) is 15.2. The first kappa shape index (κ1) is 19.9. The van der Waals surface area contributed by atoms with Crippen molar-refractivity contribution in [1.82, 2.24) is 5.32 Å². The van der Waals surface area contributed by atoms with E-state index in [1.807, 2.05) is 24.3 Å². The standard InChI is InChI=1S/C19H26N2O5/c1-3-4-5-13-6-8-15(9-7-13)21-12-14(10-17(21)22)18(23)20-11-16(26-2)19(24)25/h6-9,14,16H,3-5,10-12H2,1-2H3,(H,20,23)(H,24,25). The number of methoxy groups -OCH3 is 1. The summed E-state index contributed by atoms with van der Waals surface area (Å²) in [5.41, 5.74) is 2.02. The lowest BCUT2D eigenvalue weighted by molar-refractivity contribution is -0.148. The van der Waals surface area contributed by atoms with E-state index in [4.69, 9.17) is 9.84 Å². The van der Waals surface area contributed by atoms with Crippen LogP contribution in [-0.2, 0) is 25.5 Å². The van der Waals surface area contributed by atoms with Crippen molar-refractivity contribution in [3.8, 4) is 0 Å². The topological polar surface area (TPSA) is 95.9 Å². The predicted octanol–water partition coefficient (Wildman–Crippen LogP) is 1.60. The Hall–Kier alpha value is -2.41. The summed E-state index contributed by atoms with van der Waals surface area (Å²) < 4.78 is 4.78. The molecule has 0 spiro atoms. The van der Waals surface area contributed by atoms with E-state index >= 15 is 0 Å². The van der Waals surface area contributed by atoms with Gasteiger partial charge in [-0.05, 0) is 30.5 Å². The van der Waals surface area contributed by atoms with E-state index in [9.17, 15) is 14.4 Å². The molecule has 0 aliphatic carbocycles. The van der Waals surface area contributed by atoms with E-state index in [0.717, 1.165) is 24.9 Å². The van der Waals surface area contributed by atoms with E-state index in [1.165, 1.54) is 12.7 Å². The van der Waals surface area contributed by atoms with Crippen LogP contribution in [0.2, 0.25) is 0 Å². The number of ether oxygens (including phenoxy) is 1. The van der Waals surface area contributed by atoms with Crippen LogP contribution in [0.4, 0.5) is 5.69 Å². The van der Waals surface area contributed by atoms with Gasteiger partial charge in [0, 0.05) is 25.8 Å². The summed E-state index contributed by atoms with van der Waals surface area (Å²) in [6, 6.07) is 7.85. The second kappa shape index (κ2) is 9.33. The molecule has 142 valence electrons. The second-order valence-electron chi connectivity index (χ2n) is 6.48. The van der Waals surface area contributed by atoms with Crippen LogP contribution in [-0.4, -0.2) is 49.2 Å². The van der Waals surface area contributed by atoms with Crippen molar-refractivity contribution < 1.29 is 24.2 Å². The molecule has 2 amide bonds. The lowest BCUT2D eigenvalue weighted by Crippen LogP contribution is -2.41. The number of anilines is 1. The highest BCUT2D eigenvalue weighted by Gasteiger charge is 2.35. The fraction of sp³-hybridized carbons (Fsp3) is 0.526. The van der Waals surface area contributed by atoms with Gasteiger partial charge < -0.3 is 20.1 Å². The molecule has 2 unspecified atom stereocenters. The minimum atomic E-state index is -1.14. The Bertz CT molecular complexity index is 644. The van der Waals surface area contributed by atoms with Crippen LogP contribution in [0.15, 0.2) is 24.3 Å². The molecule has 2 atom stereocenters. The zero-order valence-electron chi connectivity index (χ0n) is 15.2. The van der Waals surface area contributed by atoms with Crippen LogP contribution >= 0.6 is 0 Å². The average Bonchev–Trinajstić information content (AvgIpc) is 3.02. The molecule has 2 rings (SSSR count). The molecule has 7 nitrogen and oxygen atoms in total. The van der Waals surface area contributed by atoms with Crippen molar-refractivity contribution in [1.29, 1.82) is 0 Å². The smallest absolute Gasteiger partial charge is 0.334 e. The lowest BCUT2D eigenvalue weighted by Gasteiger charge is -2.18. The van der Waals surface area contributed by atoms with Gasteiger partial charge in [-0.15, -0.1) is 0 Å². The molecule has 26 heavy (non-hydrogen) atoms. The molecule has 1 aromatic carbocycles. The summed E-state index contributed by atoms with van der Waals surface area (Å²) in [4.78, 5) is 37.0. The number of amides is 2. The number of unbranched alkanes of at least 4 members (excludes halogenated alkanes) is 1. The van der Waals surface area contributed by atoms with Crippen molar-refractivity contribution >= 4 is 23.5 Å². The summed E-state index contributed by atoms with van der Waals surface area (Å²) >= 11 is 0. The van der Waals surface area contributed by atoms with Crippen molar-refractivity contribution in [3.63, 3.8) is 0 Å². The Morgan fingerprint density at radius 2 is 2.04 bits per heavy atom. The van der Waals surface area contributed by atoms with Gasteiger partial charge in [-0.2, -0.15) is 0 Å². The van der Waals surface area contributed by atoms with Crippen molar-refractivity contribution in [3.05, 3.63) is 29.8 Å². The maximum atomic E-state index is 12.3. The Balaban J connectivity index is 1.93. The van der Waals surface area contributed by atoms with Crippen molar-refractivity contribution in [2.75, 3.05) is 25.1 Å². The van der Waals surface area contributed by atoms with Gasteiger partial charge in [0.25, 0.3) is 0 Å². The van der Waals surface area contributed by atoms with Gasteiger partial charge in [-0.25, -0.2) is 4.79 Å². The predicted molar refractivity (Wildman–Crippen MR) is 97.0 cm³/mol. The number of aliphatic carboxylic acids is 1. The summed E-state index contributed by atoms with van der Waals surface area (Å²) in [6.07, 6.45) is 2.30. The monoisotopic (exact) mass is 362 g/mol. The quantitative estimate of drug-likeness (QED) is 0.696. The van der Waals surface area contributed by atoms with Gasteiger partial charge in [0.15, 0.2) is 6.10 Å². The zero-order chi connectivity index (χ0) is 19.1. The number of nitrogens with zero attached hydrogens (tertiary/aromatic N) is 1. The van der Waals surface area contributed by atoms with Gasteiger partial charge in [-0.3, -0.25) is 9.59 Å². The molecular weight excluding hydrogens is 336 g/mol. The van der Waals surface area contributed by atoms with Crippen LogP contribution in [0, 0.1) is 5.92 Å². The highest BCUT2D eigenvalue weighted by atomic mass is 16.5. The number of rotatable bonds is 9. The van der Waals surface area contributed by atoms with Crippen molar-refractivity contribution in [2.24, 2.45) is 5.92 Å². The molecule has 2 N–H and O–H groups in total. The van der Waals surface area contributed by atoms with Gasteiger partial charge >= 0.3 is 5.97 Å². The number of nitrogens with one attached hydrogen (secondary N) is 1. The number of carbonyl (C=O) groups excluding carboxylic acids is 2. The number of hydrogen-bond acceptors (Lipinski definition) is 4. The van der Waals surface area contributed by atoms with Crippen LogP contribution in [0.25, 0.3) is 0 Å². The van der Waals surface area contributed by atoms with E-state index in [1.54, 1.807) is 4.90 Å². The molecular formula is C19H26N2O5. The minimum absolute atomic E-state index is 0.104. The van der Waals surface area contributed by atoms with Gasteiger partial charge in [0.2, 0.25) is 11.8 Å². The molecule has 0 bridgehead atoms. The molecule has 0 saturated carbocycles. The molecule has 1 heterocycles. The van der Waals surface area contributed by atoms with E-state index in [2.05, 4.69) is 12.2 Å². The maximum absolute atomic E-state index is 12.3. The first-order chi connectivity index (χ1) is 12.5. The average molecular weight is 362 g/mol.